The smallest absolute Gasteiger partial charge is 0.418 e. The highest BCUT2D eigenvalue weighted by Gasteiger charge is 2.34. The fraction of sp³-hybridized carbons (Fsp3) is 0.278. The van der Waals surface area contributed by atoms with Crippen LogP contribution in [0.3, 0.4) is 0 Å². The van der Waals surface area contributed by atoms with E-state index in [2.05, 4.69) is 5.32 Å². The van der Waals surface area contributed by atoms with Crippen LogP contribution in [0, 0.1) is 6.92 Å². The molecular formula is C18H17ClF3NO2. The third kappa shape index (κ3) is 4.89. The third-order valence-electron chi connectivity index (χ3n) is 3.56. The summed E-state index contributed by atoms with van der Waals surface area (Å²) >= 11 is 5.94. The number of rotatable bonds is 5. The van der Waals surface area contributed by atoms with Crippen LogP contribution in [-0.4, -0.2) is 12.0 Å². The molecule has 2 aromatic rings. The van der Waals surface area contributed by atoms with E-state index in [1.54, 1.807) is 32.0 Å². The molecule has 0 bridgehead atoms. The van der Waals surface area contributed by atoms with Crippen molar-refractivity contribution >= 4 is 23.2 Å². The monoisotopic (exact) mass is 371 g/mol. The molecule has 1 amide bonds. The molecule has 25 heavy (non-hydrogen) atoms. The van der Waals surface area contributed by atoms with Crippen molar-refractivity contribution in [1.82, 2.24) is 0 Å². The van der Waals surface area contributed by atoms with Gasteiger partial charge in [-0.1, -0.05) is 30.7 Å². The van der Waals surface area contributed by atoms with Gasteiger partial charge in [0.25, 0.3) is 5.91 Å². The van der Waals surface area contributed by atoms with Gasteiger partial charge in [-0.25, -0.2) is 0 Å². The Morgan fingerprint density at radius 1 is 1.24 bits per heavy atom. The maximum Gasteiger partial charge on any atom is 0.418 e. The van der Waals surface area contributed by atoms with Gasteiger partial charge in [0.15, 0.2) is 6.10 Å². The summed E-state index contributed by atoms with van der Waals surface area (Å²) in [5, 5.41) is 2.86. The van der Waals surface area contributed by atoms with Crippen molar-refractivity contribution in [2.24, 2.45) is 0 Å². The first kappa shape index (κ1) is 19.1. The first-order valence-corrected chi connectivity index (χ1v) is 8.00. The second-order valence-electron chi connectivity index (χ2n) is 5.46. The lowest BCUT2D eigenvalue weighted by atomic mass is 10.1. The van der Waals surface area contributed by atoms with Gasteiger partial charge in [-0.15, -0.1) is 0 Å². The lowest BCUT2D eigenvalue weighted by Gasteiger charge is -2.19. The molecule has 0 saturated heterocycles. The van der Waals surface area contributed by atoms with Crippen LogP contribution < -0.4 is 10.1 Å². The van der Waals surface area contributed by atoms with Crippen molar-refractivity contribution in [1.29, 1.82) is 0 Å². The number of nitrogens with one attached hydrogen (secondary N) is 1. The van der Waals surface area contributed by atoms with Crippen molar-refractivity contribution in [2.75, 3.05) is 5.32 Å². The first-order chi connectivity index (χ1) is 11.7. The summed E-state index contributed by atoms with van der Waals surface area (Å²) in [4.78, 5) is 12.3. The van der Waals surface area contributed by atoms with Crippen LogP contribution in [0.1, 0.15) is 24.5 Å². The Kier molecular flexibility index (Phi) is 5.95. The van der Waals surface area contributed by atoms with Crippen molar-refractivity contribution in [3.05, 3.63) is 58.6 Å². The van der Waals surface area contributed by atoms with Gasteiger partial charge in [0.05, 0.1) is 11.3 Å². The number of carbonyl (C=O) groups excluding carboxylic acids is 1. The molecule has 2 rings (SSSR count). The molecule has 0 aliphatic rings. The standard InChI is InChI=1S/C18H17ClF3NO2/c1-3-16(25-12-8-9-14(19)11(2)10-12)17(24)23-15-7-5-4-6-13(15)18(20,21)22/h4-10,16H,3H2,1-2H3,(H,23,24). The van der Waals surface area contributed by atoms with Crippen LogP contribution in [-0.2, 0) is 11.0 Å². The molecule has 0 aromatic heterocycles. The second kappa shape index (κ2) is 7.78. The topological polar surface area (TPSA) is 38.3 Å². The van der Waals surface area contributed by atoms with E-state index < -0.39 is 23.8 Å². The fourth-order valence-corrected chi connectivity index (χ4v) is 2.35. The highest BCUT2D eigenvalue weighted by molar-refractivity contribution is 6.31. The van der Waals surface area contributed by atoms with Crippen molar-refractivity contribution < 1.29 is 22.7 Å². The third-order valence-corrected chi connectivity index (χ3v) is 3.99. The molecule has 7 heteroatoms. The van der Waals surface area contributed by atoms with Crippen LogP contribution in [0.25, 0.3) is 0 Å². The molecule has 134 valence electrons. The summed E-state index contributed by atoms with van der Waals surface area (Å²) in [7, 11) is 0. The number of alkyl halides is 3. The number of aryl methyl sites for hydroxylation is 1. The number of carbonyl (C=O) groups is 1. The molecule has 0 spiro atoms. The molecule has 0 aliphatic carbocycles. The van der Waals surface area contributed by atoms with Crippen molar-refractivity contribution in [3.8, 4) is 5.75 Å². The van der Waals surface area contributed by atoms with E-state index in [1.165, 1.54) is 18.2 Å². The number of anilines is 1. The van der Waals surface area contributed by atoms with Crippen molar-refractivity contribution in [3.63, 3.8) is 0 Å². The molecule has 3 nitrogen and oxygen atoms in total. The molecule has 0 aliphatic heterocycles. The number of hydrogen-bond donors (Lipinski definition) is 1. The Balaban J connectivity index is 2.17. The summed E-state index contributed by atoms with van der Waals surface area (Å²) in [6, 6.07) is 9.73. The van der Waals surface area contributed by atoms with Gasteiger partial charge in [-0.2, -0.15) is 13.2 Å². The molecule has 0 fully saturated rings. The number of para-hydroxylation sites is 1. The minimum atomic E-state index is -4.56. The molecular weight excluding hydrogens is 355 g/mol. The van der Waals surface area contributed by atoms with Gasteiger partial charge < -0.3 is 10.1 Å². The van der Waals surface area contributed by atoms with Crippen LogP contribution in [0.15, 0.2) is 42.5 Å². The normalized spacial score (nSPS) is 12.6. The first-order valence-electron chi connectivity index (χ1n) is 7.62. The van der Waals surface area contributed by atoms with E-state index in [4.69, 9.17) is 16.3 Å². The van der Waals surface area contributed by atoms with Crippen LogP contribution in [0.5, 0.6) is 5.75 Å². The molecule has 1 N–H and O–H groups in total. The summed E-state index contributed by atoms with van der Waals surface area (Å²) in [6.45, 7) is 3.50. The number of amides is 1. The number of ether oxygens (including phenoxy) is 1. The minimum absolute atomic E-state index is 0.293. The molecule has 0 heterocycles. The summed E-state index contributed by atoms with van der Waals surface area (Å²) < 4.78 is 44.7. The lowest BCUT2D eigenvalue weighted by molar-refractivity contribution is -0.137. The largest absolute Gasteiger partial charge is 0.481 e. The van der Waals surface area contributed by atoms with E-state index >= 15 is 0 Å². The zero-order valence-electron chi connectivity index (χ0n) is 13.7. The zero-order valence-corrected chi connectivity index (χ0v) is 14.4. The van der Waals surface area contributed by atoms with Gasteiger partial charge in [-0.3, -0.25) is 4.79 Å². The molecule has 0 radical (unpaired) electrons. The molecule has 0 saturated carbocycles. The Bertz CT molecular complexity index is 762. The average molecular weight is 372 g/mol. The van der Waals surface area contributed by atoms with Gasteiger partial charge in [0, 0.05) is 5.02 Å². The van der Waals surface area contributed by atoms with Crippen LogP contribution in [0.2, 0.25) is 5.02 Å². The quantitative estimate of drug-likeness (QED) is 0.757. The molecule has 2 aromatic carbocycles. The lowest BCUT2D eigenvalue weighted by Crippen LogP contribution is -2.33. The summed E-state index contributed by atoms with van der Waals surface area (Å²) in [6.07, 6.45) is -5.19. The SMILES string of the molecule is CCC(Oc1ccc(Cl)c(C)c1)C(=O)Nc1ccccc1C(F)(F)F. The predicted molar refractivity (Wildman–Crippen MR) is 91.0 cm³/mol. The van der Waals surface area contributed by atoms with Gasteiger partial charge in [0.1, 0.15) is 5.75 Å². The summed E-state index contributed by atoms with van der Waals surface area (Å²) in [5.41, 5.74) is -0.424. The Hall–Kier alpha value is -2.21. The fourth-order valence-electron chi connectivity index (χ4n) is 2.23. The van der Waals surface area contributed by atoms with Gasteiger partial charge in [-0.05, 0) is 49.2 Å². The predicted octanol–water partition coefficient (Wildman–Crippen LogP) is 5.46. The zero-order chi connectivity index (χ0) is 18.6. The number of benzene rings is 2. The number of hydrogen-bond acceptors (Lipinski definition) is 2. The summed E-state index contributed by atoms with van der Waals surface area (Å²) in [5.74, 6) is -0.222. The highest BCUT2D eigenvalue weighted by Crippen LogP contribution is 2.34. The average Bonchev–Trinajstić information content (AvgIpc) is 2.55. The van der Waals surface area contributed by atoms with E-state index in [0.717, 1.165) is 11.6 Å². The van der Waals surface area contributed by atoms with E-state index in [1.807, 2.05) is 0 Å². The van der Waals surface area contributed by atoms with Gasteiger partial charge in [0.2, 0.25) is 0 Å². The van der Waals surface area contributed by atoms with Gasteiger partial charge >= 0.3 is 6.18 Å². The number of halogens is 4. The van der Waals surface area contributed by atoms with Crippen LogP contribution in [0.4, 0.5) is 18.9 Å². The van der Waals surface area contributed by atoms with E-state index in [-0.39, 0.29) is 5.69 Å². The minimum Gasteiger partial charge on any atom is -0.481 e. The maximum atomic E-state index is 13.0. The molecule has 1 atom stereocenters. The van der Waals surface area contributed by atoms with E-state index in [0.29, 0.717) is 17.2 Å². The Morgan fingerprint density at radius 3 is 2.52 bits per heavy atom. The van der Waals surface area contributed by atoms with Crippen molar-refractivity contribution in [2.45, 2.75) is 32.5 Å². The highest BCUT2D eigenvalue weighted by atomic mass is 35.5. The maximum absolute atomic E-state index is 13.0. The van der Waals surface area contributed by atoms with Crippen LogP contribution >= 0.6 is 11.6 Å². The Labute approximate surface area is 148 Å². The van der Waals surface area contributed by atoms with E-state index in [9.17, 15) is 18.0 Å². The Morgan fingerprint density at radius 2 is 1.92 bits per heavy atom. The second-order valence-corrected chi connectivity index (χ2v) is 5.87. The molecule has 1 unspecified atom stereocenters.